The van der Waals surface area contributed by atoms with Gasteiger partial charge in [-0.25, -0.2) is 0 Å². The molecular formula is C72H127NO10. The molecule has 6 N–H and O–H groups in total. The van der Waals surface area contributed by atoms with Gasteiger partial charge in [0.25, 0.3) is 0 Å². The molecule has 0 radical (unpaired) electrons. The fourth-order valence-corrected chi connectivity index (χ4v) is 10.3. The van der Waals surface area contributed by atoms with Gasteiger partial charge in [0, 0.05) is 12.8 Å². The lowest BCUT2D eigenvalue weighted by Crippen LogP contribution is -2.60. The van der Waals surface area contributed by atoms with Crippen molar-refractivity contribution in [3.8, 4) is 0 Å². The molecule has 83 heavy (non-hydrogen) atoms. The normalized spacial score (nSPS) is 18.7. The number of amides is 1. The third kappa shape index (κ3) is 49.6. The number of hydrogen-bond donors (Lipinski definition) is 6. The van der Waals surface area contributed by atoms with Crippen molar-refractivity contribution in [1.82, 2.24) is 5.32 Å². The first-order valence-corrected chi connectivity index (χ1v) is 34.4. The molecule has 1 aliphatic heterocycles. The summed E-state index contributed by atoms with van der Waals surface area (Å²) in [6, 6.07) is -0.835. The molecule has 0 aromatic heterocycles. The first-order valence-electron chi connectivity index (χ1n) is 34.4. The summed E-state index contributed by atoms with van der Waals surface area (Å²) < 4.78 is 16.7. The van der Waals surface area contributed by atoms with E-state index in [4.69, 9.17) is 14.2 Å². The van der Waals surface area contributed by atoms with Gasteiger partial charge in [0.05, 0.1) is 32.0 Å². The summed E-state index contributed by atoms with van der Waals surface area (Å²) in [5, 5.41) is 54.3. The maximum Gasteiger partial charge on any atom is 0.305 e. The van der Waals surface area contributed by atoms with Crippen LogP contribution in [0, 0.1) is 0 Å². The van der Waals surface area contributed by atoms with Crippen molar-refractivity contribution in [2.45, 2.75) is 339 Å². The lowest BCUT2D eigenvalue weighted by Gasteiger charge is -2.40. The zero-order valence-electron chi connectivity index (χ0n) is 53.1. The van der Waals surface area contributed by atoms with Crippen LogP contribution in [0.5, 0.6) is 0 Å². The van der Waals surface area contributed by atoms with Crippen LogP contribution in [0.3, 0.4) is 0 Å². The molecule has 1 rings (SSSR count). The molecule has 1 heterocycles. The molecule has 0 aromatic rings. The van der Waals surface area contributed by atoms with Crippen molar-refractivity contribution < 1.29 is 49.3 Å². The van der Waals surface area contributed by atoms with Crippen molar-refractivity contribution >= 4 is 11.9 Å². The van der Waals surface area contributed by atoms with Crippen LogP contribution in [0.15, 0.2) is 85.1 Å². The number of esters is 1. The van der Waals surface area contributed by atoms with Gasteiger partial charge in [-0.15, -0.1) is 0 Å². The molecule has 1 fully saturated rings. The lowest BCUT2D eigenvalue weighted by molar-refractivity contribution is -0.302. The Morgan fingerprint density at radius 3 is 1.31 bits per heavy atom. The average molecular weight is 1170 g/mol. The minimum Gasteiger partial charge on any atom is -0.466 e. The van der Waals surface area contributed by atoms with E-state index in [1.807, 2.05) is 6.08 Å². The number of rotatable bonds is 59. The van der Waals surface area contributed by atoms with Gasteiger partial charge in [-0.1, -0.05) is 259 Å². The second kappa shape index (κ2) is 60.5. The Labute approximate surface area is 508 Å². The van der Waals surface area contributed by atoms with E-state index in [1.165, 1.54) is 186 Å². The van der Waals surface area contributed by atoms with Gasteiger partial charge >= 0.3 is 5.97 Å². The van der Waals surface area contributed by atoms with E-state index in [-0.39, 0.29) is 18.5 Å². The van der Waals surface area contributed by atoms with Crippen LogP contribution in [-0.2, 0) is 23.8 Å². The zero-order valence-corrected chi connectivity index (χ0v) is 53.1. The molecule has 1 saturated heterocycles. The summed E-state index contributed by atoms with van der Waals surface area (Å²) in [5.41, 5.74) is 0. The van der Waals surface area contributed by atoms with E-state index in [9.17, 15) is 35.1 Å². The van der Waals surface area contributed by atoms with E-state index < -0.39 is 49.5 Å². The molecule has 7 unspecified atom stereocenters. The van der Waals surface area contributed by atoms with E-state index in [2.05, 4.69) is 92.1 Å². The highest BCUT2D eigenvalue weighted by Gasteiger charge is 2.44. The Morgan fingerprint density at radius 1 is 0.458 bits per heavy atom. The first kappa shape index (κ1) is 77.9. The fourth-order valence-electron chi connectivity index (χ4n) is 10.3. The van der Waals surface area contributed by atoms with Crippen LogP contribution in [0.2, 0.25) is 0 Å². The van der Waals surface area contributed by atoms with E-state index in [0.29, 0.717) is 19.4 Å². The summed E-state index contributed by atoms with van der Waals surface area (Å²) in [6.45, 7) is 4.16. The summed E-state index contributed by atoms with van der Waals surface area (Å²) in [4.78, 5) is 25.1. The third-order valence-electron chi connectivity index (χ3n) is 15.7. The molecule has 11 heteroatoms. The zero-order chi connectivity index (χ0) is 60.2. The average Bonchev–Trinajstić information content (AvgIpc) is 3.69. The molecule has 0 aliphatic carbocycles. The lowest BCUT2D eigenvalue weighted by atomic mass is 9.99. The number of carbonyl (C=O) groups excluding carboxylic acids is 2. The number of nitrogens with one attached hydrogen (secondary N) is 1. The van der Waals surface area contributed by atoms with Gasteiger partial charge in [0.1, 0.15) is 24.4 Å². The van der Waals surface area contributed by atoms with Gasteiger partial charge in [-0.3, -0.25) is 9.59 Å². The van der Waals surface area contributed by atoms with Gasteiger partial charge in [-0.2, -0.15) is 0 Å². The van der Waals surface area contributed by atoms with Crippen molar-refractivity contribution in [1.29, 1.82) is 0 Å². The number of aliphatic hydroxyl groups excluding tert-OH is 5. The molecular weight excluding hydrogens is 1040 g/mol. The topological polar surface area (TPSA) is 175 Å². The van der Waals surface area contributed by atoms with Crippen LogP contribution < -0.4 is 5.32 Å². The Morgan fingerprint density at radius 2 is 0.855 bits per heavy atom. The van der Waals surface area contributed by atoms with Crippen LogP contribution in [-0.4, -0.2) is 100 Å². The summed E-state index contributed by atoms with van der Waals surface area (Å²) >= 11 is 0. The number of ether oxygens (including phenoxy) is 3. The van der Waals surface area contributed by atoms with Crippen LogP contribution in [0.25, 0.3) is 0 Å². The standard InChI is InChI=1S/C72H127NO10/c1-3-5-7-9-11-13-15-16-37-40-44-48-52-56-60-68(77)81-61-57-53-49-45-41-38-35-33-31-29-27-25-23-21-19-17-18-20-22-24-26-28-30-32-34-36-39-43-47-51-55-59-67(76)73-64(63-82-72-71(80)70(79)69(78)66(62-74)83-72)65(75)58-54-50-46-42-14-12-10-8-6-4-2/h6,8-9,11,14-16,19,21,25,27,42,54,58,64-66,69-72,74-75,78-80H,3-5,7,10,12-13,17-18,20,22-24,26,28-41,43-53,55-57,59-63H2,1-2H3,(H,73,76)/b8-6+,11-9-,16-15-,21-19-,27-25-,42-14+,58-54+. The molecule has 480 valence electrons. The predicted molar refractivity (Wildman–Crippen MR) is 347 cm³/mol. The molecule has 1 amide bonds. The van der Waals surface area contributed by atoms with Crippen molar-refractivity contribution in [3.05, 3.63) is 85.1 Å². The minimum atomic E-state index is -1.58. The predicted octanol–water partition coefficient (Wildman–Crippen LogP) is 17.3. The Balaban J connectivity index is 1.95. The molecule has 7 atom stereocenters. The third-order valence-corrected chi connectivity index (χ3v) is 15.7. The van der Waals surface area contributed by atoms with Gasteiger partial charge in [0.2, 0.25) is 5.91 Å². The van der Waals surface area contributed by atoms with Gasteiger partial charge in [-0.05, 0) is 109 Å². The smallest absolute Gasteiger partial charge is 0.305 e. The second-order valence-corrected chi connectivity index (χ2v) is 23.5. The van der Waals surface area contributed by atoms with Crippen LogP contribution in [0.4, 0.5) is 0 Å². The number of unbranched alkanes of at least 4 members (excludes halogenated alkanes) is 33. The number of carbonyl (C=O) groups is 2. The highest BCUT2D eigenvalue weighted by Crippen LogP contribution is 2.23. The highest BCUT2D eigenvalue weighted by molar-refractivity contribution is 5.76. The Kier molecular flexibility index (Phi) is 56.8. The molecule has 1 aliphatic rings. The molecule has 0 bridgehead atoms. The monoisotopic (exact) mass is 1170 g/mol. The molecule has 0 spiro atoms. The number of hydrogen-bond acceptors (Lipinski definition) is 10. The maximum atomic E-state index is 13.0. The Bertz CT molecular complexity index is 1650. The minimum absolute atomic E-state index is 0.0107. The summed E-state index contributed by atoms with van der Waals surface area (Å²) in [7, 11) is 0. The van der Waals surface area contributed by atoms with Crippen molar-refractivity contribution in [2.75, 3.05) is 19.8 Å². The summed E-state index contributed by atoms with van der Waals surface area (Å²) in [5.74, 6) is -0.210. The van der Waals surface area contributed by atoms with E-state index >= 15 is 0 Å². The summed E-state index contributed by atoms with van der Waals surface area (Å²) in [6.07, 6.45) is 73.0. The van der Waals surface area contributed by atoms with E-state index in [1.54, 1.807) is 6.08 Å². The first-order chi connectivity index (χ1) is 40.7. The molecule has 11 nitrogen and oxygen atoms in total. The van der Waals surface area contributed by atoms with Crippen LogP contribution >= 0.6 is 0 Å². The second-order valence-electron chi connectivity index (χ2n) is 23.5. The SMILES string of the molecule is CC/C=C/CC/C=C/CC/C=C/C(O)C(COC1OC(CO)C(O)C(O)C1O)NC(=O)CCCCCCCCCCCCCCCCC/C=C\C/C=C\CCCCCCCCCCCOC(=O)CCCCCCC/C=C\C/C=C\CCCC. The van der Waals surface area contributed by atoms with Gasteiger partial charge in [0.15, 0.2) is 6.29 Å². The molecule has 0 aromatic carbocycles. The fraction of sp³-hybridized carbons (Fsp3) is 0.778. The number of aliphatic hydroxyl groups is 5. The van der Waals surface area contributed by atoms with Gasteiger partial charge < -0.3 is 45.1 Å². The quantitative estimate of drug-likeness (QED) is 0.0195. The maximum absolute atomic E-state index is 13.0. The van der Waals surface area contributed by atoms with E-state index in [0.717, 1.165) is 83.5 Å². The van der Waals surface area contributed by atoms with Crippen LogP contribution in [0.1, 0.15) is 296 Å². The highest BCUT2D eigenvalue weighted by atomic mass is 16.7. The largest absolute Gasteiger partial charge is 0.466 e. The van der Waals surface area contributed by atoms with Crippen molar-refractivity contribution in [3.63, 3.8) is 0 Å². The van der Waals surface area contributed by atoms with Crippen molar-refractivity contribution in [2.24, 2.45) is 0 Å². The molecule has 0 saturated carbocycles. The Hall–Kier alpha value is -3.16. The number of allylic oxidation sites excluding steroid dienone is 13.